The fourth-order valence-corrected chi connectivity index (χ4v) is 4.59. The van der Waals surface area contributed by atoms with Gasteiger partial charge in [0.05, 0.1) is 23.0 Å². The van der Waals surface area contributed by atoms with Gasteiger partial charge in [0.25, 0.3) is 5.91 Å². The summed E-state index contributed by atoms with van der Waals surface area (Å²) in [7, 11) is 0. The van der Waals surface area contributed by atoms with Crippen molar-refractivity contribution in [3.63, 3.8) is 0 Å². The molecule has 0 radical (unpaired) electrons. The van der Waals surface area contributed by atoms with E-state index >= 15 is 0 Å². The van der Waals surface area contributed by atoms with Gasteiger partial charge in [-0.3, -0.25) is 14.4 Å². The molecule has 4 rings (SSSR count). The van der Waals surface area contributed by atoms with Gasteiger partial charge in [-0.05, 0) is 63.3 Å². The molecule has 3 amide bonds. The summed E-state index contributed by atoms with van der Waals surface area (Å²) in [6, 6.07) is 9.39. The number of nitrogens with zero attached hydrogens (tertiary/aromatic N) is 2. The first-order chi connectivity index (χ1) is 16.7. The van der Waals surface area contributed by atoms with E-state index in [4.69, 9.17) is 5.73 Å². The summed E-state index contributed by atoms with van der Waals surface area (Å²) in [5, 5.41) is 14.0. The number of amides is 3. The smallest absolute Gasteiger partial charge is 0.255 e. The van der Waals surface area contributed by atoms with Crippen LogP contribution in [0.25, 0.3) is 16.6 Å². The number of hydrogen-bond acceptors (Lipinski definition) is 5. The normalized spacial score (nSPS) is 17.8. The molecule has 1 fully saturated rings. The molecule has 3 aromatic rings. The summed E-state index contributed by atoms with van der Waals surface area (Å²) >= 11 is 0. The van der Waals surface area contributed by atoms with E-state index in [2.05, 4.69) is 21.0 Å². The van der Waals surface area contributed by atoms with E-state index in [0.29, 0.717) is 11.1 Å². The van der Waals surface area contributed by atoms with Gasteiger partial charge in [-0.25, -0.2) is 4.52 Å². The summed E-state index contributed by atoms with van der Waals surface area (Å²) in [4.78, 5) is 36.0. The zero-order valence-corrected chi connectivity index (χ0v) is 20.3. The third-order valence-electron chi connectivity index (χ3n) is 6.29. The van der Waals surface area contributed by atoms with Crippen LogP contribution in [0.15, 0.2) is 42.7 Å². The van der Waals surface area contributed by atoms with Crippen LogP contribution >= 0.6 is 0 Å². The van der Waals surface area contributed by atoms with E-state index in [9.17, 15) is 14.4 Å². The fraction of sp³-hybridized carbons (Fsp3) is 0.385. The number of carbonyl (C=O) groups is 3. The maximum atomic E-state index is 13.3. The quantitative estimate of drug-likeness (QED) is 0.416. The predicted octanol–water partition coefficient (Wildman–Crippen LogP) is 3.10. The molecule has 0 atom stereocenters. The van der Waals surface area contributed by atoms with Crippen LogP contribution in [0.3, 0.4) is 0 Å². The van der Waals surface area contributed by atoms with Gasteiger partial charge in [0.2, 0.25) is 11.8 Å². The lowest BCUT2D eigenvalue weighted by molar-refractivity contribution is -0.119. The molecule has 1 aromatic carbocycles. The van der Waals surface area contributed by atoms with Crippen molar-refractivity contribution in [3.8, 4) is 11.1 Å². The number of fused-ring (bicyclic) bond motifs is 1. The molecule has 0 aliphatic heterocycles. The third kappa shape index (κ3) is 5.62. The van der Waals surface area contributed by atoms with E-state index < -0.39 is 5.91 Å². The maximum Gasteiger partial charge on any atom is 0.255 e. The summed E-state index contributed by atoms with van der Waals surface area (Å²) in [6.45, 7) is 5.58. The number of nitrogens with two attached hydrogens (primary N) is 1. The molecule has 1 aliphatic carbocycles. The summed E-state index contributed by atoms with van der Waals surface area (Å²) in [5.74, 6) is -0.653. The standard InChI is InChI=1S/C26H32N6O3/c1-15(2)29-24-22(26(35)31-21-10-8-20(9-11-21)30-16(3)33)13-28-32-14-19(12-23(24)32)17-4-6-18(7-5-17)25(27)34/h4-7,12-15,20-21,29H,8-11H2,1-3H3,(H2,27,34)(H,30,33)(H,31,35). The number of aromatic nitrogens is 2. The average Bonchev–Trinajstić information content (AvgIpc) is 3.25. The molecule has 0 unspecified atom stereocenters. The van der Waals surface area contributed by atoms with Crippen molar-refractivity contribution >= 4 is 28.9 Å². The summed E-state index contributed by atoms with van der Waals surface area (Å²) in [6.07, 6.45) is 6.80. The number of carbonyl (C=O) groups excluding carboxylic acids is 3. The lowest BCUT2D eigenvalue weighted by atomic mass is 9.91. The molecule has 0 spiro atoms. The Hall–Kier alpha value is -3.88. The Morgan fingerprint density at radius 2 is 1.63 bits per heavy atom. The minimum absolute atomic E-state index is 0.0170. The monoisotopic (exact) mass is 476 g/mol. The zero-order valence-electron chi connectivity index (χ0n) is 20.3. The van der Waals surface area contributed by atoms with Crippen molar-refractivity contribution in [3.05, 3.63) is 53.9 Å². The number of hydrogen-bond donors (Lipinski definition) is 4. The van der Waals surface area contributed by atoms with Crippen LogP contribution in [0, 0.1) is 0 Å². The highest BCUT2D eigenvalue weighted by Gasteiger charge is 2.25. The minimum atomic E-state index is -0.470. The Balaban J connectivity index is 1.58. The highest BCUT2D eigenvalue weighted by Crippen LogP contribution is 2.30. The molecular weight excluding hydrogens is 444 g/mol. The van der Waals surface area contributed by atoms with Crippen LogP contribution in [0.2, 0.25) is 0 Å². The molecular formula is C26H32N6O3. The molecule has 184 valence electrons. The number of nitrogens with one attached hydrogen (secondary N) is 3. The Morgan fingerprint density at radius 3 is 2.20 bits per heavy atom. The second-order valence-electron chi connectivity index (χ2n) is 9.46. The molecule has 0 bridgehead atoms. The highest BCUT2D eigenvalue weighted by atomic mass is 16.2. The van der Waals surface area contributed by atoms with E-state index in [0.717, 1.165) is 48.0 Å². The van der Waals surface area contributed by atoms with Crippen molar-refractivity contribution < 1.29 is 14.4 Å². The second-order valence-corrected chi connectivity index (χ2v) is 9.46. The fourth-order valence-electron chi connectivity index (χ4n) is 4.59. The van der Waals surface area contributed by atoms with Crippen molar-refractivity contribution in [1.29, 1.82) is 0 Å². The first-order valence-corrected chi connectivity index (χ1v) is 12.0. The van der Waals surface area contributed by atoms with E-state index in [1.54, 1.807) is 22.8 Å². The largest absolute Gasteiger partial charge is 0.380 e. The van der Waals surface area contributed by atoms with Gasteiger partial charge >= 0.3 is 0 Å². The summed E-state index contributed by atoms with van der Waals surface area (Å²) in [5.41, 5.74) is 9.62. The molecule has 2 heterocycles. The van der Waals surface area contributed by atoms with Crippen LogP contribution in [0.1, 0.15) is 67.2 Å². The lowest BCUT2D eigenvalue weighted by Gasteiger charge is -2.29. The average molecular weight is 477 g/mol. The van der Waals surface area contributed by atoms with Crippen LogP contribution in [0.4, 0.5) is 5.69 Å². The van der Waals surface area contributed by atoms with Gasteiger partial charge in [-0.1, -0.05) is 12.1 Å². The first-order valence-electron chi connectivity index (χ1n) is 12.0. The number of primary amides is 1. The van der Waals surface area contributed by atoms with Crippen LogP contribution in [0.5, 0.6) is 0 Å². The van der Waals surface area contributed by atoms with Gasteiger partial charge in [-0.15, -0.1) is 0 Å². The Bertz CT molecular complexity index is 1240. The SMILES string of the molecule is CC(=O)NC1CCC(NC(=O)c2cnn3cc(-c4ccc(C(N)=O)cc4)cc3c2NC(C)C)CC1. The van der Waals surface area contributed by atoms with Crippen LogP contribution in [-0.2, 0) is 4.79 Å². The number of rotatable bonds is 7. The van der Waals surface area contributed by atoms with E-state index in [1.165, 1.54) is 6.92 Å². The molecule has 9 heteroatoms. The molecule has 0 saturated heterocycles. The molecule has 1 aliphatic rings. The summed E-state index contributed by atoms with van der Waals surface area (Å²) < 4.78 is 1.75. The molecule has 1 saturated carbocycles. The lowest BCUT2D eigenvalue weighted by Crippen LogP contribution is -2.43. The van der Waals surface area contributed by atoms with Gasteiger partial charge < -0.3 is 21.7 Å². The molecule has 35 heavy (non-hydrogen) atoms. The van der Waals surface area contributed by atoms with E-state index in [1.807, 2.05) is 38.2 Å². The number of benzene rings is 1. The first kappa shape index (κ1) is 24.3. The number of anilines is 1. The van der Waals surface area contributed by atoms with Gasteiger partial charge in [0, 0.05) is 42.4 Å². The second kappa shape index (κ2) is 10.2. The maximum absolute atomic E-state index is 13.3. The van der Waals surface area contributed by atoms with Crippen LogP contribution < -0.4 is 21.7 Å². The van der Waals surface area contributed by atoms with Crippen molar-refractivity contribution in [2.45, 2.75) is 64.6 Å². The molecule has 9 nitrogen and oxygen atoms in total. The van der Waals surface area contributed by atoms with E-state index in [-0.39, 0.29) is 29.9 Å². The van der Waals surface area contributed by atoms with Crippen molar-refractivity contribution in [1.82, 2.24) is 20.2 Å². The van der Waals surface area contributed by atoms with Crippen molar-refractivity contribution in [2.75, 3.05) is 5.32 Å². The van der Waals surface area contributed by atoms with Gasteiger partial charge in [-0.2, -0.15) is 5.10 Å². The molecule has 5 N–H and O–H groups in total. The highest BCUT2D eigenvalue weighted by molar-refractivity contribution is 6.03. The van der Waals surface area contributed by atoms with Crippen LogP contribution in [-0.4, -0.2) is 45.5 Å². The van der Waals surface area contributed by atoms with Crippen molar-refractivity contribution in [2.24, 2.45) is 5.73 Å². The Morgan fingerprint density at radius 1 is 1.00 bits per heavy atom. The van der Waals surface area contributed by atoms with Gasteiger partial charge in [0.15, 0.2) is 0 Å². The Labute approximate surface area is 204 Å². The zero-order chi connectivity index (χ0) is 25.1. The topological polar surface area (TPSA) is 131 Å². The minimum Gasteiger partial charge on any atom is -0.380 e. The Kier molecular flexibility index (Phi) is 7.04. The molecule has 2 aromatic heterocycles. The van der Waals surface area contributed by atoms with Gasteiger partial charge in [0.1, 0.15) is 0 Å². The predicted molar refractivity (Wildman–Crippen MR) is 135 cm³/mol. The third-order valence-corrected chi connectivity index (χ3v) is 6.29.